The number of hydrogen-bond acceptors (Lipinski definition) is 2. The maximum absolute atomic E-state index is 9.40. The first kappa shape index (κ1) is 14.0. The summed E-state index contributed by atoms with van der Waals surface area (Å²) < 4.78 is 1.17. The lowest BCUT2D eigenvalue weighted by Gasteiger charge is -2.31. The minimum atomic E-state index is 0.312. The largest absolute Gasteiger partial charge is 0.396 e. The van der Waals surface area contributed by atoms with Gasteiger partial charge in [0.2, 0.25) is 0 Å². The summed E-state index contributed by atoms with van der Waals surface area (Å²) in [5.41, 5.74) is 2.57. The topological polar surface area (TPSA) is 32.3 Å². The maximum Gasteiger partial charge on any atom is 0.0474 e. The molecule has 0 heterocycles. The van der Waals surface area contributed by atoms with Crippen LogP contribution >= 0.6 is 15.9 Å². The monoisotopic (exact) mass is 311 g/mol. The molecule has 0 saturated heterocycles. The van der Waals surface area contributed by atoms with Gasteiger partial charge in [-0.15, -0.1) is 0 Å². The number of rotatable bonds is 4. The molecule has 1 aliphatic carbocycles. The molecule has 3 heteroatoms. The van der Waals surface area contributed by atoms with Crippen molar-refractivity contribution in [1.82, 2.24) is 5.32 Å². The molecule has 0 bridgehead atoms. The molecule has 0 aromatic heterocycles. The number of aliphatic hydroxyl groups excluding tert-OH is 1. The smallest absolute Gasteiger partial charge is 0.0474 e. The second-order valence-corrected chi connectivity index (χ2v) is 6.16. The zero-order chi connectivity index (χ0) is 13.0. The van der Waals surface area contributed by atoms with E-state index in [-0.39, 0.29) is 0 Å². The van der Waals surface area contributed by atoms with Crippen molar-refractivity contribution >= 4 is 15.9 Å². The second kappa shape index (κ2) is 6.69. The van der Waals surface area contributed by atoms with E-state index in [1.165, 1.54) is 34.9 Å². The molecule has 100 valence electrons. The molecule has 2 atom stereocenters. The maximum atomic E-state index is 9.40. The Morgan fingerprint density at radius 1 is 1.33 bits per heavy atom. The summed E-state index contributed by atoms with van der Waals surface area (Å²) in [6, 6.07) is 6.94. The van der Waals surface area contributed by atoms with E-state index < -0.39 is 0 Å². The molecular weight excluding hydrogens is 290 g/mol. The Morgan fingerprint density at radius 3 is 2.83 bits per heavy atom. The third kappa shape index (κ3) is 3.56. The summed E-state index contributed by atoms with van der Waals surface area (Å²) in [4.78, 5) is 0. The quantitative estimate of drug-likeness (QED) is 0.893. The summed E-state index contributed by atoms with van der Waals surface area (Å²) in [6.07, 6.45) is 4.89. The van der Waals surface area contributed by atoms with Crippen molar-refractivity contribution in [3.8, 4) is 0 Å². The van der Waals surface area contributed by atoms with Crippen molar-refractivity contribution in [2.45, 2.75) is 45.2 Å². The third-order valence-electron chi connectivity index (χ3n) is 3.91. The molecule has 1 aromatic carbocycles. The van der Waals surface area contributed by atoms with Gasteiger partial charge in [-0.3, -0.25) is 0 Å². The summed E-state index contributed by atoms with van der Waals surface area (Å²) >= 11 is 3.61. The molecule has 1 saturated carbocycles. The average molecular weight is 312 g/mol. The molecule has 2 rings (SSSR count). The molecule has 2 unspecified atom stereocenters. The van der Waals surface area contributed by atoms with Crippen LogP contribution in [0.3, 0.4) is 0 Å². The van der Waals surface area contributed by atoms with Crippen molar-refractivity contribution in [2.75, 3.05) is 6.61 Å². The van der Waals surface area contributed by atoms with Crippen molar-refractivity contribution in [3.63, 3.8) is 0 Å². The lowest BCUT2D eigenvalue weighted by atomic mass is 9.85. The van der Waals surface area contributed by atoms with Gasteiger partial charge in [0.1, 0.15) is 0 Å². The fraction of sp³-hybridized carbons (Fsp3) is 0.600. The van der Waals surface area contributed by atoms with Gasteiger partial charge in [-0.1, -0.05) is 40.9 Å². The Balaban J connectivity index is 1.93. The Bertz CT molecular complexity index is 394. The molecule has 2 N–H and O–H groups in total. The van der Waals surface area contributed by atoms with Gasteiger partial charge in [0, 0.05) is 23.7 Å². The number of benzene rings is 1. The lowest BCUT2D eigenvalue weighted by Crippen LogP contribution is -2.39. The minimum Gasteiger partial charge on any atom is -0.396 e. The molecule has 1 fully saturated rings. The summed E-state index contributed by atoms with van der Waals surface area (Å²) in [5.74, 6) is 0.433. The fourth-order valence-electron chi connectivity index (χ4n) is 2.73. The van der Waals surface area contributed by atoms with E-state index in [0.717, 1.165) is 13.0 Å². The van der Waals surface area contributed by atoms with Crippen LogP contribution in [0.1, 0.15) is 36.8 Å². The highest BCUT2D eigenvalue weighted by Crippen LogP contribution is 2.25. The zero-order valence-electron chi connectivity index (χ0n) is 11.0. The molecule has 0 spiro atoms. The van der Waals surface area contributed by atoms with E-state index in [4.69, 9.17) is 0 Å². The van der Waals surface area contributed by atoms with E-state index in [1.807, 2.05) is 0 Å². The van der Waals surface area contributed by atoms with Gasteiger partial charge in [-0.25, -0.2) is 0 Å². The molecule has 18 heavy (non-hydrogen) atoms. The number of nitrogens with one attached hydrogen (secondary N) is 1. The van der Waals surface area contributed by atoms with Crippen LogP contribution < -0.4 is 5.32 Å². The van der Waals surface area contributed by atoms with E-state index in [9.17, 15) is 5.11 Å². The van der Waals surface area contributed by atoms with Crippen molar-refractivity contribution < 1.29 is 5.11 Å². The summed E-state index contributed by atoms with van der Waals surface area (Å²) in [5, 5.41) is 13.0. The van der Waals surface area contributed by atoms with Gasteiger partial charge < -0.3 is 10.4 Å². The first-order chi connectivity index (χ1) is 8.70. The van der Waals surface area contributed by atoms with E-state index in [1.54, 1.807) is 0 Å². The zero-order valence-corrected chi connectivity index (χ0v) is 12.5. The average Bonchev–Trinajstić information content (AvgIpc) is 2.38. The van der Waals surface area contributed by atoms with Crippen LogP contribution in [0.2, 0.25) is 0 Å². The van der Waals surface area contributed by atoms with Gasteiger partial charge in [-0.2, -0.15) is 0 Å². The number of aryl methyl sites for hydroxylation is 1. The van der Waals surface area contributed by atoms with Crippen LogP contribution in [0, 0.1) is 12.8 Å². The summed E-state index contributed by atoms with van der Waals surface area (Å²) in [6.45, 7) is 3.29. The first-order valence-electron chi connectivity index (χ1n) is 6.80. The molecule has 1 aliphatic rings. The van der Waals surface area contributed by atoms with Crippen molar-refractivity contribution in [3.05, 3.63) is 33.8 Å². The number of hydrogen-bond donors (Lipinski definition) is 2. The van der Waals surface area contributed by atoms with Gasteiger partial charge in [0.25, 0.3) is 0 Å². The normalized spacial score (nSPS) is 24.2. The predicted molar refractivity (Wildman–Crippen MR) is 78.6 cm³/mol. The van der Waals surface area contributed by atoms with Crippen molar-refractivity contribution in [2.24, 2.45) is 5.92 Å². The Kier molecular flexibility index (Phi) is 5.22. The highest BCUT2D eigenvalue weighted by atomic mass is 79.9. The van der Waals surface area contributed by atoms with Crippen molar-refractivity contribution in [1.29, 1.82) is 0 Å². The summed E-state index contributed by atoms with van der Waals surface area (Å²) in [7, 11) is 0. The Hall–Kier alpha value is -0.380. The third-order valence-corrected chi connectivity index (χ3v) is 4.65. The van der Waals surface area contributed by atoms with Gasteiger partial charge >= 0.3 is 0 Å². The number of aliphatic hydroxyl groups is 1. The van der Waals surface area contributed by atoms with Crippen LogP contribution in [0.25, 0.3) is 0 Å². The van der Waals surface area contributed by atoms with Crippen LogP contribution in [0.4, 0.5) is 0 Å². The minimum absolute atomic E-state index is 0.312. The molecule has 0 amide bonds. The second-order valence-electron chi connectivity index (χ2n) is 5.31. The van der Waals surface area contributed by atoms with Gasteiger partial charge in [0.15, 0.2) is 0 Å². The Labute approximate surface area is 118 Å². The van der Waals surface area contributed by atoms with E-state index in [2.05, 4.69) is 46.4 Å². The van der Waals surface area contributed by atoms with E-state index in [0.29, 0.717) is 18.6 Å². The van der Waals surface area contributed by atoms with Gasteiger partial charge in [0.05, 0.1) is 0 Å². The highest BCUT2D eigenvalue weighted by molar-refractivity contribution is 9.10. The number of halogens is 1. The highest BCUT2D eigenvalue weighted by Gasteiger charge is 2.23. The SMILES string of the molecule is Cc1ccc(CNC2CCCCC2CO)c(Br)c1. The fourth-order valence-corrected chi connectivity index (χ4v) is 3.37. The van der Waals surface area contributed by atoms with Crippen LogP contribution in [-0.2, 0) is 6.54 Å². The molecule has 2 nitrogen and oxygen atoms in total. The standard InChI is InChI=1S/C15H22BrNO/c1-11-6-7-12(14(16)8-11)9-17-15-5-3-2-4-13(15)10-18/h6-8,13,15,17-18H,2-5,9-10H2,1H3. The molecule has 1 aromatic rings. The van der Waals surface area contributed by atoms with Gasteiger partial charge in [-0.05, 0) is 42.9 Å². The van der Waals surface area contributed by atoms with Crippen LogP contribution in [0.5, 0.6) is 0 Å². The van der Waals surface area contributed by atoms with E-state index >= 15 is 0 Å². The molecular formula is C15H22BrNO. The molecule has 0 radical (unpaired) electrons. The lowest BCUT2D eigenvalue weighted by molar-refractivity contribution is 0.152. The van der Waals surface area contributed by atoms with Crippen LogP contribution in [0.15, 0.2) is 22.7 Å². The Morgan fingerprint density at radius 2 is 2.11 bits per heavy atom. The van der Waals surface area contributed by atoms with Crippen LogP contribution in [-0.4, -0.2) is 17.8 Å². The predicted octanol–water partition coefficient (Wildman–Crippen LogP) is 3.40. The molecule has 0 aliphatic heterocycles. The first-order valence-corrected chi connectivity index (χ1v) is 7.59.